The fraction of sp³-hybridized carbons (Fsp3) is 0.538. The van der Waals surface area contributed by atoms with Crippen molar-refractivity contribution in [2.24, 2.45) is 11.7 Å². The van der Waals surface area contributed by atoms with E-state index in [4.69, 9.17) is 15.2 Å². The Labute approximate surface area is 118 Å². The van der Waals surface area contributed by atoms with E-state index in [0.717, 1.165) is 18.5 Å². The summed E-state index contributed by atoms with van der Waals surface area (Å²) in [7, 11) is 0.449. The van der Waals surface area contributed by atoms with E-state index in [2.05, 4.69) is 4.90 Å². The van der Waals surface area contributed by atoms with Gasteiger partial charge in [-0.05, 0) is 37.6 Å². The number of hydrogen-bond acceptors (Lipinski definition) is 6. The number of nitrogens with two attached hydrogens (primary N) is 1. The van der Waals surface area contributed by atoms with Gasteiger partial charge >= 0.3 is 7.12 Å². The molecule has 0 radical (unpaired) electrons. The van der Waals surface area contributed by atoms with Crippen LogP contribution >= 0.6 is 0 Å². The van der Waals surface area contributed by atoms with Crippen LogP contribution in [0.5, 0.6) is 11.5 Å². The molecule has 108 valence electrons. The van der Waals surface area contributed by atoms with Gasteiger partial charge in [0.05, 0.1) is 0 Å². The lowest BCUT2D eigenvalue weighted by Gasteiger charge is -2.23. The van der Waals surface area contributed by atoms with E-state index < -0.39 is 7.12 Å². The average Bonchev–Trinajstić information content (AvgIpc) is 3.02. The Kier molecular flexibility index (Phi) is 3.60. The zero-order chi connectivity index (χ0) is 14.3. The number of nitrogens with zero attached hydrogens (tertiary/aromatic N) is 1. The Hall–Kier alpha value is -1.28. The molecule has 7 heteroatoms. The number of likely N-dealkylation sites (tertiary alicyclic amines) is 1. The lowest BCUT2D eigenvalue weighted by molar-refractivity contribution is 0.174. The van der Waals surface area contributed by atoms with Gasteiger partial charge < -0.3 is 25.3 Å². The van der Waals surface area contributed by atoms with Crippen molar-refractivity contribution in [3.05, 3.63) is 17.7 Å². The molecule has 2 atom stereocenters. The first kappa shape index (κ1) is 13.7. The van der Waals surface area contributed by atoms with Crippen molar-refractivity contribution in [2.45, 2.75) is 12.5 Å². The van der Waals surface area contributed by atoms with Crippen molar-refractivity contribution < 1.29 is 19.5 Å². The number of rotatable bonds is 3. The largest absolute Gasteiger partial charge is 0.492 e. The van der Waals surface area contributed by atoms with Crippen molar-refractivity contribution in [2.75, 3.05) is 26.9 Å². The third-order valence-corrected chi connectivity index (χ3v) is 4.20. The Morgan fingerprint density at radius 2 is 2.20 bits per heavy atom. The summed E-state index contributed by atoms with van der Waals surface area (Å²) in [5.74, 6) is 1.44. The molecule has 0 saturated carbocycles. The summed E-state index contributed by atoms with van der Waals surface area (Å²) in [5, 5.41) is 19.4. The third-order valence-electron chi connectivity index (χ3n) is 4.20. The average molecular weight is 278 g/mol. The van der Waals surface area contributed by atoms with E-state index in [-0.39, 0.29) is 12.8 Å². The van der Waals surface area contributed by atoms with E-state index >= 15 is 0 Å². The molecule has 0 bridgehead atoms. The Bertz CT molecular complexity index is 511. The molecule has 3 rings (SSSR count). The number of ether oxygens (including phenoxy) is 2. The van der Waals surface area contributed by atoms with Gasteiger partial charge in [-0.25, -0.2) is 0 Å². The number of hydrogen-bond donors (Lipinski definition) is 3. The number of benzene rings is 1. The van der Waals surface area contributed by atoms with Crippen molar-refractivity contribution in [1.82, 2.24) is 4.90 Å². The van der Waals surface area contributed by atoms with Gasteiger partial charge in [0.2, 0.25) is 6.79 Å². The molecule has 6 nitrogen and oxygen atoms in total. The number of fused-ring (bicyclic) bond motifs is 1. The van der Waals surface area contributed by atoms with Gasteiger partial charge in [-0.3, -0.25) is 4.90 Å². The van der Waals surface area contributed by atoms with Crippen LogP contribution in [0, 0.1) is 5.92 Å². The maximum atomic E-state index is 9.72. The summed E-state index contributed by atoms with van der Waals surface area (Å²) in [4.78, 5) is 2.20. The molecule has 2 unspecified atom stereocenters. The SMILES string of the molecule is CN1CC(CN)CC1c1ccc2c(c1B(O)O)OCO2. The van der Waals surface area contributed by atoms with Crippen LogP contribution in [-0.4, -0.2) is 49.0 Å². The minimum absolute atomic E-state index is 0.116. The second-order valence-electron chi connectivity index (χ2n) is 5.47. The topological polar surface area (TPSA) is 88.2 Å². The van der Waals surface area contributed by atoms with E-state index in [0.29, 0.717) is 29.4 Å². The van der Waals surface area contributed by atoms with Crippen LogP contribution in [0.4, 0.5) is 0 Å². The molecule has 1 aromatic rings. The molecule has 1 saturated heterocycles. The van der Waals surface area contributed by atoms with Gasteiger partial charge in [0.15, 0.2) is 11.5 Å². The highest BCUT2D eigenvalue weighted by Gasteiger charge is 2.36. The van der Waals surface area contributed by atoms with Crippen molar-refractivity contribution in [3.63, 3.8) is 0 Å². The van der Waals surface area contributed by atoms with Crippen LogP contribution in [0.2, 0.25) is 0 Å². The molecule has 0 spiro atoms. The van der Waals surface area contributed by atoms with Crippen LogP contribution in [0.1, 0.15) is 18.0 Å². The Balaban J connectivity index is 2.01. The van der Waals surface area contributed by atoms with E-state index in [9.17, 15) is 10.0 Å². The lowest BCUT2D eigenvalue weighted by atomic mass is 9.74. The minimum Gasteiger partial charge on any atom is -0.454 e. The highest BCUT2D eigenvalue weighted by Crippen LogP contribution is 2.38. The first-order valence-electron chi connectivity index (χ1n) is 6.80. The molecule has 4 N–H and O–H groups in total. The van der Waals surface area contributed by atoms with Gasteiger partial charge in [-0.2, -0.15) is 0 Å². The fourth-order valence-electron chi connectivity index (χ4n) is 3.21. The molecule has 2 heterocycles. The first-order chi connectivity index (χ1) is 9.61. The molecule has 1 aromatic carbocycles. The summed E-state index contributed by atoms with van der Waals surface area (Å²) in [6.45, 7) is 1.67. The van der Waals surface area contributed by atoms with Crippen molar-refractivity contribution >= 4 is 12.6 Å². The molecular weight excluding hydrogens is 259 g/mol. The highest BCUT2D eigenvalue weighted by molar-refractivity contribution is 6.60. The molecule has 0 aromatic heterocycles. The smallest absolute Gasteiger partial charge is 0.454 e. The van der Waals surface area contributed by atoms with Crippen LogP contribution in [0.25, 0.3) is 0 Å². The zero-order valence-electron chi connectivity index (χ0n) is 11.5. The molecule has 20 heavy (non-hydrogen) atoms. The van der Waals surface area contributed by atoms with Gasteiger partial charge in [0.25, 0.3) is 0 Å². The molecular formula is C13H19BN2O4. The molecule has 0 aliphatic carbocycles. The summed E-state index contributed by atoms with van der Waals surface area (Å²) < 4.78 is 10.7. The van der Waals surface area contributed by atoms with Crippen LogP contribution in [0.15, 0.2) is 12.1 Å². The maximum Gasteiger partial charge on any atom is 0.492 e. The summed E-state index contributed by atoms with van der Waals surface area (Å²) in [6.07, 6.45) is 0.909. The van der Waals surface area contributed by atoms with E-state index in [1.165, 1.54) is 0 Å². The Morgan fingerprint density at radius 3 is 2.85 bits per heavy atom. The lowest BCUT2D eigenvalue weighted by Crippen LogP contribution is -2.36. The van der Waals surface area contributed by atoms with Crippen LogP contribution in [-0.2, 0) is 0 Å². The Morgan fingerprint density at radius 1 is 1.40 bits per heavy atom. The predicted octanol–water partition coefficient (Wildman–Crippen LogP) is -0.953. The first-order valence-corrected chi connectivity index (χ1v) is 6.80. The van der Waals surface area contributed by atoms with Gasteiger partial charge in [0, 0.05) is 18.0 Å². The summed E-state index contributed by atoms with van der Waals surface area (Å²) >= 11 is 0. The van der Waals surface area contributed by atoms with E-state index in [1.54, 1.807) is 0 Å². The van der Waals surface area contributed by atoms with Gasteiger partial charge in [0.1, 0.15) is 0 Å². The normalized spacial score (nSPS) is 25.2. The highest BCUT2D eigenvalue weighted by atomic mass is 16.7. The van der Waals surface area contributed by atoms with Gasteiger partial charge in [-0.15, -0.1) is 0 Å². The molecule has 2 aliphatic heterocycles. The van der Waals surface area contributed by atoms with Crippen molar-refractivity contribution in [1.29, 1.82) is 0 Å². The standard InChI is InChI=1S/C13H19BN2O4/c1-16-6-8(5-15)4-10(16)9-2-3-11-13(20-7-19-11)12(9)14(17)18/h2-3,8,10,17-18H,4-7,15H2,1H3. The van der Waals surface area contributed by atoms with Gasteiger partial charge in [-0.1, -0.05) is 6.07 Å². The predicted molar refractivity (Wildman–Crippen MR) is 74.9 cm³/mol. The monoisotopic (exact) mass is 278 g/mol. The van der Waals surface area contributed by atoms with Crippen LogP contribution in [0.3, 0.4) is 0 Å². The summed E-state index contributed by atoms with van der Waals surface area (Å²) in [6, 6.07) is 3.84. The third kappa shape index (κ3) is 2.16. The molecule has 2 aliphatic rings. The quantitative estimate of drug-likeness (QED) is 0.618. The van der Waals surface area contributed by atoms with Crippen molar-refractivity contribution in [3.8, 4) is 11.5 Å². The second kappa shape index (κ2) is 5.25. The zero-order valence-corrected chi connectivity index (χ0v) is 11.5. The molecule has 0 amide bonds. The summed E-state index contributed by atoms with van der Waals surface area (Å²) in [5.41, 5.74) is 7.04. The molecule has 1 fully saturated rings. The minimum atomic E-state index is -1.58. The maximum absolute atomic E-state index is 9.72. The van der Waals surface area contributed by atoms with Crippen LogP contribution < -0.4 is 20.7 Å². The second-order valence-corrected chi connectivity index (χ2v) is 5.47. The fourth-order valence-corrected chi connectivity index (χ4v) is 3.21. The van der Waals surface area contributed by atoms with E-state index in [1.807, 2.05) is 19.2 Å².